The lowest BCUT2D eigenvalue weighted by atomic mass is 10.3. The highest BCUT2D eigenvalue weighted by Crippen LogP contribution is 2.35. The minimum Gasteiger partial charge on any atom is -0.505 e. The average molecular weight is 322 g/mol. The van der Waals surface area contributed by atoms with Crippen molar-refractivity contribution in [2.75, 3.05) is 4.72 Å². The number of hydrogen-bond donors (Lipinski definition) is 2. The zero-order valence-electron chi connectivity index (χ0n) is 9.63. The predicted octanol–water partition coefficient (Wildman–Crippen LogP) is 2.23. The first kappa shape index (κ1) is 14.0. The number of phenols is 1. The van der Waals surface area contributed by atoms with E-state index in [0.29, 0.717) is 0 Å². The summed E-state index contributed by atoms with van der Waals surface area (Å²) >= 11 is 11.4. The van der Waals surface area contributed by atoms with Crippen LogP contribution in [0.2, 0.25) is 10.0 Å². The first-order valence-corrected chi connectivity index (χ1v) is 7.23. The van der Waals surface area contributed by atoms with E-state index in [1.165, 1.54) is 29.2 Å². The maximum atomic E-state index is 12.0. The summed E-state index contributed by atoms with van der Waals surface area (Å²) in [6.45, 7) is 0. The molecule has 0 aliphatic heterocycles. The minimum absolute atomic E-state index is 0.00956. The van der Waals surface area contributed by atoms with Crippen LogP contribution in [0.25, 0.3) is 0 Å². The standard InChI is InChI=1S/C10H9Cl2N3O3S/c1-15-5-7(4-13-15)19(17,18)14-6-2-8(11)10(16)9(12)3-6/h2-5,14,16H,1H3. The Labute approximate surface area is 119 Å². The number of rotatable bonds is 3. The fourth-order valence-corrected chi connectivity index (χ4v) is 2.89. The van der Waals surface area contributed by atoms with Crippen LogP contribution >= 0.6 is 23.2 Å². The normalized spacial score (nSPS) is 11.5. The lowest BCUT2D eigenvalue weighted by Gasteiger charge is -2.08. The van der Waals surface area contributed by atoms with Crippen molar-refractivity contribution < 1.29 is 13.5 Å². The van der Waals surface area contributed by atoms with E-state index in [9.17, 15) is 13.5 Å². The molecule has 9 heteroatoms. The van der Waals surface area contributed by atoms with Crippen molar-refractivity contribution in [3.8, 4) is 5.75 Å². The fraction of sp³-hybridized carbons (Fsp3) is 0.100. The Balaban J connectivity index is 2.36. The van der Waals surface area contributed by atoms with Crippen molar-refractivity contribution in [3.05, 3.63) is 34.6 Å². The van der Waals surface area contributed by atoms with E-state index in [0.717, 1.165) is 0 Å². The second kappa shape index (κ2) is 4.92. The molecule has 0 bridgehead atoms. The van der Waals surface area contributed by atoms with E-state index in [2.05, 4.69) is 9.82 Å². The van der Waals surface area contributed by atoms with Gasteiger partial charge in [0.2, 0.25) is 0 Å². The van der Waals surface area contributed by atoms with Gasteiger partial charge < -0.3 is 5.11 Å². The second-order valence-electron chi connectivity index (χ2n) is 3.74. The van der Waals surface area contributed by atoms with Gasteiger partial charge >= 0.3 is 0 Å². The maximum Gasteiger partial charge on any atom is 0.265 e. The molecule has 0 unspecified atom stereocenters. The van der Waals surface area contributed by atoms with Crippen LogP contribution in [0.15, 0.2) is 29.4 Å². The number of halogens is 2. The van der Waals surface area contributed by atoms with Crippen molar-refractivity contribution in [1.29, 1.82) is 0 Å². The van der Waals surface area contributed by atoms with Crippen LogP contribution in [0.5, 0.6) is 5.75 Å². The number of anilines is 1. The van der Waals surface area contributed by atoms with Gasteiger partial charge in [-0.05, 0) is 12.1 Å². The molecule has 0 saturated heterocycles. The third-order valence-corrected chi connectivity index (χ3v) is 4.17. The smallest absolute Gasteiger partial charge is 0.265 e. The van der Waals surface area contributed by atoms with E-state index in [4.69, 9.17) is 23.2 Å². The number of nitrogens with one attached hydrogen (secondary N) is 1. The quantitative estimate of drug-likeness (QED) is 0.849. The number of benzene rings is 1. The Morgan fingerprint density at radius 2 is 1.89 bits per heavy atom. The third kappa shape index (κ3) is 2.94. The van der Waals surface area contributed by atoms with Crippen molar-refractivity contribution >= 4 is 38.9 Å². The average Bonchev–Trinajstić information content (AvgIpc) is 2.73. The monoisotopic (exact) mass is 321 g/mol. The maximum absolute atomic E-state index is 12.0. The van der Waals surface area contributed by atoms with Crippen LogP contribution in [0.1, 0.15) is 0 Å². The van der Waals surface area contributed by atoms with Crippen molar-refractivity contribution in [2.24, 2.45) is 7.05 Å². The van der Waals surface area contributed by atoms with Gasteiger partial charge in [0.25, 0.3) is 10.0 Å². The van der Waals surface area contributed by atoms with Crippen LogP contribution in [-0.4, -0.2) is 23.3 Å². The minimum atomic E-state index is -3.77. The summed E-state index contributed by atoms with van der Waals surface area (Å²) in [5, 5.41) is 13.1. The number of nitrogens with zero attached hydrogens (tertiary/aromatic N) is 2. The molecule has 0 atom stereocenters. The SMILES string of the molecule is Cn1cc(S(=O)(=O)Nc2cc(Cl)c(O)c(Cl)c2)cn1. The molecule has 0 aliphatic carbocycles. The number of aromatic nitrogens is 2. The first-order chi connectivity index (χ1) is 8.79. The van der Waals surface area contributed by atoms with Gasteiger partial charge in [-0.15, -0.1) is 0 Å². The van der Waals surface area contributed by atoms with Gasteiger partial charge in [-0.1, -0.05) is 23.2 Å². The van der Waals surface area contributed by atoms with E-state index in [-0.39, 0.29) is 26.4 Å². The number of aryl methyl sites for hydroxylation is 1. The summed E-state index contributed by atoms with van der Waals surface area (Å²) in [4.78, 5) is 0.00956. The number of phenolic OH excluding ortho intramolecular Hbond substituents is 1. The van der Waals surface area contributed by atoms with Crippen molar-refractivity contribution in [1.82, 2.24) is 9.78 Å². The van der Waals surface area contributed by atoms with Gasteiger partial charge in [0, 0.05) is 13.2 Å². The Morgan fingerprint density at radius 3 is 2.37 bits per heavy atom. The molecule has 2 rings (SSSR count). The van der Waals surface area contributed by atoms with Crippen molar-refractivity contribution in [3.63, 3.8) is 0 Å². The van der Waals surface area contributed by atoms with E-state index >= 15 is 0 Å². The van der Waals surface area contributed by atoms with Gasteiger partial charge in [-0.25, -0.2) is 8.42 Å². The third-order valence-electron chi connectivity index (χ3n) is 2.26. The summed E-state index contributed by atoms with van der Waals surface area (Å²) in [7, 11) is -2.17. The molecule has 102 valence electrons. The molecular weight excluding hydrogens is 313 g/mol. The molecule has 1 aromatic carbocycles. The van der Waals surface area contributed by atoms with Gasteiger partial charge in [0.1, 0.15) is 4.90 Å². The summed E-state index contributed by atoms with van der Waals surface area (Å²) in [6, 6.07) is 2.52. The lowest BCUT2D eigenvalue weighted by Crippen LogP contribution is -2.12. The second-order valence-corrected chi connectivity index (χ2v) is 6.24. The zero-order valence-corrected chi connectivity index (χ0v) is 12.0. The Hall–Kier alpha value is -1.44. The fourth-order valence-electron chi connectivity index (χ4n) is 1.38. The molecule has 0 saturated carbocycles. The molecule has 0 aliphatic rings. The molecule has 0 fully saturated rings. The molecular formula is C10H9Cl2N3O3S. The van der Waals surface area contributed by atoms with E-state index in [1.54, 1.807) is 7.05 Å². The molecule has 2 N–H and O–H groups in total. The van der Waals surface area contributed by atoms with Crippen molar-refractivity contribution in [2.45, 2.75) is 4.90 Å². The highest BCUT2D eigenvalue weighted by atomic mass is 35.5. The highest BCUT2D eigenvalue weighted by molar-refractivity contribution is 7.92. The molecule has 0 spiro atoms. The summed E-state index contributed by atoms with van der Waals surface area (Å²) in [5.41, 5.74) is 0.150. The molecule has 6 nitrogen and oxygen atoms in total. The number of sulfonamides is 1. The summed E-state index contributed by atoms with van der Waals surface area (Å²) < 4.78 is 27.7. The largest absolute Gasteiger partial charge is 0.505 e. The Morgan fingerprint density at radius 1 is 1.32 bits per heavy atom. The highest BCUT2D eigenvalue weighted by Gasteiger charge is 2.17. The molecule has 0 radical (unpaired) electrons. The van der Waals surface area contributed by atoms with Gasteiger partial charge in [-0.2, -0.15) is 5.10 Å². The van der Waals surface area contributed by atoms with Crippen LogP contribution in [0.3, 0.4) is 0 Å². The lowest BCUT2D eigenvalue weighted by molar-refractivity contribution is 0.476. The van der Waals surface area contributed by atoms with Gasteiger partial charge in [-0.3, -0.25) is 9.40 Å². The molecule has 1 heterocycles. The van der Waals surface area contributed by atoms with E-state index < -0.39 is 10.0 Å². The van der Waals surface area contributed by atoms with E-state index in [1.807, 2.05) is 0 Å². The molecule has 19 heavy (non-hydrogen) atoms. The summed E-state index contributed by atoms with van der Waals surface area (Å²) in [5.74, 6) is -0.298. The molecule has 1 aromatic heterocycles. The first-order valence-electron chi connectivity index (χ1n) is 4.99. The number of aromatic hydroxyl groups is 1. The van der Waals surface area contributed by atoms with Gasteiger partial charge in [0.15, 0.2) is 5.75 Å². The molecule has 2 aromatic rings. The van der Waals surface area contributed by atoms with Crippen LogP contribution in [0.4, 0.5) is 5.69 Å². The Kier molecular flexibility index (Phi) is 3.62. The predicted molar refractivity (Wildman–Crippen MR) is 72.1 cm³/mol. The Bertz CT molecular complexity index is 704. The van der Waals surface area contributed by atoms with Crippen LogP contribution in [-0.2, 0) is 17.1 Å². The van der Waals surface area contributed by atoms with Gasteiger partial charge in [0.05, 0.1) is 21.9 Å². The van der Waals surface area contributed by atoms with Crippen LogP contribution < -0.4 is 4.72 Å². The van der Waals surface area contributed by atoms with Crippen LogP contribution in [0, 0.1) is 0 Å². The summed E-state index contributed by atoms with van der Waals surface area (Å²) in [6.07, 6.45) is 2.57. The number of hydrogen-bond acceptors (Lipinski definition) is 4. The zero-order chi connectivity index (χ0) is 14.2. The topological polar surface area (TPSA) is 84.2 Å². The molecule has 0 amide bonds.